The molecule has 0 saturated carbocycles. The van der Waals surface area contributed by atoms with E-state index in [-0.39, 0.29) is 4.90 Å². The van der Waals surface area contributed by atoms with Gasteiger partial charge >= 0.3 is 0 Å². The summed E-state index contributed by atoms with van der Waals surface area (Å²) in [6.45, 7) is 1.44. The summed E-state index contributed by atoms with van der Waals surface area (Å²) in [4.78, 5) is 11.4. The zero-order valence-corrected chi connectivity index (χ0v) is 18.4. The van der Waals surface area contributed by atoms with E-state index in [1.165, 1.54) is 23.9 Å². The molecule has 32 heavy (non-hydrogen) atoms. The first-order valence-electron chi connectivity index (χ1n) is 9.90. The molecule has 0 aliphatic rings. The number of aromatic nitrogens is 1. The molecule has 2 aromatic carbocycles. The fourth-order valence-corrected chi connectivity index (χ4v) is 4.85. The van der Waals surface area contributed by atoms with Crippen LogP contribution in [-0.4, -0.2) is 43.8 Å². The summed E-state index contributed by atoms with van der Waals surface area (Å²) >= 11 is 0. The van der Waals surface area contributed by atoms with Crippen LogP contribution < -0.4 is 10.8 Å². The molecule has 0 radical (unpaired) electrons. The summed E-state index contributed by atoms with van der Waals surface area (Å²) < 4.78 is 33.6. The molecule has 0 saturated heterocycles. The van der Waals surface area contributed by atoms with E-state index in [0.29, 0.717) is 36.4 Å². The average Bonchev–Trinajstić information content (AvgIpc) is 3.30. The largest absolute Gasteiger partial charge is 0.383 e. The highest BCUT2D eigenvalue weighted by Crippen LogP contribution is 2.32. The normalized spacial score (nSPS) is 11.7. The fourth-order valence-electron chi connectivity index (χ4n) is 3.23. The highest BCUT2D eigenvalue weighted by atomic mass is 32.2. The number of methoxy groups -OCH3 is 1. The lowest BCUT2D eigenvalue weighted by Gasteiger charge is -2.17. The number of carbonyl (C=O) groups excluding carboxylic acids is 1. The smallest absolute Gasteiger partial charge is 0.268 e. The summed E-state index contributed by atoms with van der Waals surface area (Å²) in [6, 6.07) is 16.3. The maximum atomic E-state index is 13.7. The van der Waals surface area contributed by atoms with Gasteiger partial charge in [-0.3, -0.25) is 10.0 Å². The number of nitrogens with zero attached hydrogens (tertiary/aromatic N) is 1. The van der Waals surface area contributed by atoms with E-state index in [1.807, 2.05) is 36.4 Å². The molecule has 168 valence electrons. The predicted molar refractivity (Wildman–Crippen MR) is 121 cm³/mol. The lowest BCUT2D eigenvalue weighted by atomic mass is 10.0. The van der Waals surface area contributed by atoms with Crippen molar-refractivity contribution in [2.75, 3.05) is 20.3 Å². The Hall–Kier alpha value is -3.24. The number of nitrogens with one attached hydrogen (secondary N) is 2. The second kappa shape index (κ2) is 10.9. The Morgan fingerprint density at radius 2 is 1.91 bits per heavy atom. The van der Waals surface area contributed by atoms with Crippen LogP contribution >= 0.6 is 0 Å². The number of rotatable bonds is 10. The van der Waals surface area contributed by atoms with Crippen molar-refractivity contribution in [2.24, 2.45) is 0 Å². The Morgan fingerprint density at radius 1 is 1.12 bits per heavy atom. The van der Waals surface area contributed by atoms with Gasteiger partial charge in [-0.05, 0) is 28.8 Å². The van der Waals surface area contributed by atoms with Crippen LogP contribution in [0.5, 0.6) is 0 Å². The molecule has 9 heteroatoms. The number of amides is 1. The topological polar surface area (TPSA) is 110 Å². The first-order valence-corrected chi connectivity index (χ1v) is 11.3. The van der Waals surface area contributed by atoms with Gasteiger partial charge < -0.3 is 10.1 Å². The van der Waals surface area contributed by atoms with Crippen molar-refractivity contribution in [2.45, 2.75) is 11.4 Å². The van der Waals surface area contributed by atoms with Crippen molar-refractivity contribution in [3.8, 4) is 11.1 Å². The van der Waals surface area contributed by atoms with Gasteiger partial charge in [0, 0.05) is 44.2 Å². The molecular weight excluding hydrogens is 430 g/mol. The fraction of sp³-hybridized carbons (Fsp3) is 0.174. The second-order valence-electron chi connectivity index (χ2n) is 6.92. The highest BCUT2D eigenvalue weighted by Gasteiger charge is 2.25. The Morgan fingerprint density at radius 3 is 2.62 bits per heavy atom. The van der Waals surface area contributed by atoms with Gasteiger partial charge in [-0.15, -0.1) is 0 Å². The minimum absolute atomic E-state index is 0.204. The van der Waals surface area contributed by atoms with E-state index in [2.05, 4.69) is 5.32 Å². The van der Waals surface area contributed by atoms with Crippen molar-refractivity contribution in [1.82, 2.24) is 14.8 Å². The summed E-state index contributed by atoms with van der Waals surface area (Å²) in [7, 11) is -2.35. The predicted octanol–water partition coefficient (Wildman–Crippen LogP) is 2.65. The van der Waals surface area contributed by atoms with E-state index in [1.54, 1.807) is 25.3 Å². The molecule has 3 N–H and O–H groups in total. The van der Waals surface area contributed by atoms with Crippen molar-refractivity contribution < 1.29 is 23.2 Å². The van der Waals surface area contributed by atoms with Gasteiger partial charge in [0.05, 0.1) is 6.61 Å². The van der Waals surface area contributed by atoms with Crippen molar-refractivity contribution >= 4 is 22.0 Å². The third kappa shape index (κ3) is 5.51. The summed E-state index contributed by atoms with van der Waals surface area (Å²) in [5, 5.41) is 11.8. The molecule has 0 aliphatic heterocycles. The first-order chi connectivity index (χ1) is 15.5. The van der Waals surface area contributed by atoms with Gasteiger partial charge in [-0.25, -0.2) is 17.9 Å². The van der Waals surface area contributed by atoms with Gasteiger partial charge in [-0.1, -0.05) is 48.5 Å². The van der Waals surface area contributed by atoms with Crippen LogP contribution in [0.4, 0.5) is 0 Å². The summed E-state index contributed by atoms with van der Waals surface area (Å²) in [5.74, 6) is -0.709. The molecule has 3 rings (SSSR count). The molecule has 3 aromatic rings. The van der Waals surface area contributed by atoms with Gasteiger partial charge in [0.25, 0.3) is 15.9 Å². The molecule has 1 heterocycles. The molecule has 0 unspecified atom stereocenters. The molecule has 0 spiro atoms. The Balaban J connectivity index is 2.06. The number of carbonyl (C=O) groups is 1. The van der Waals surface area contributed by atoms with E-state index < -0.39 is 15.9 Å². The minimum atomic E-state index is -3.95. The van der Waals surface area contributed by atoms with Gasteiger partial charge in [-0.2, -0.15) is 0 Å². The second-order valence-corrected chi connectivity index (χ2v) is 8.70. The molecule has 1 amide bonds. The number of ether oxygens (including phenoxy) is 1. The van der Waals surface area contributed by atoms with Crippen LogP contribution in [0.2, 0.25) is 0 Å². The lowest BCUT2D eigenvalue weighted by molar-refractivity contribution is -0.124. The molecule has 0 aliphatic carbocycles. The third-order valence-corrected chi connectivity index (χ3v) is 6.52. The Bertz CT molecular complexity index is 1190. The van der Waals surface area contributed by atoms with Crippen molar-refractivity contribution in [3.63, 3.8) is 0 Å². The van der Waals surface area contributed by atoms with E-state index in [0.717, 1.165) is 15.6 Å². The van der Waals surface area contributed by atoms with Crippen LogP contribution in [0, 0.1) is 0 Å². The van der Waals surface area contributed by atoms with Gasteiger partial charge in [0.15, 0.2) is 0 Å². The van der Waals surface area contributed by atoms with Crippen LogP contribution in [0.15, 0.2) is 78.0 Å². The maximum Gasteiger partial charge on any atom is 0.268 e. The molecule has 8 nitrogen and oxygen atoms in total. The quantitative estimate of drug-likeness (QED) is 0.188. The maximum absolute atomic E-state index is 13.7. The molecule has 1 aromatic heterocycles. The van der Waals surface area contributed by atoms with Gasteiger partial charge in [0.1, 0.15) is 4.90 Å². The zero-order valence-electron chi connectivity index (χ0n) is 17.6. The molecular formula is C23H25N3O5S. The van der Waals surface area contributed by atoms with Crippen LogP contribution in [0.25, 0.3) is 17.2 Å². The molecule has 0 atom stereocenters. The third-order valence-electron chi connectivity index (χ3n) is 4.74. The lowest BCUT2D eigenvalue weighted by Crippen LogP contribution is -2.22. The Labute approximate surface area is 187 Å². The van der Waals surface area contributed by atoms with Crippen LogP contribution in [0.1, 0.15) is 11.1 Å². The van der Waals surface area contributed by atoms with Crippen molar-refractivity contribution in [1.29, 1.82) is 0 Å². The standard InChI is InChI=1S/C23H25N3O5S/c1-31-15-13-24-16-20-8-5-9-21(19-6-3-2-4-7-19)23(20)32(29,30)26-14-12-18(17-26)10-11-22(27)25-28/h2-12,14,17,24,28H,13,15-16H2,1H3,(H,25,27)/b11-10+. The van der Waals surface area contributed by atoms with Gasteiger partial charge in [0.2, 0.25) is 0 Å². The zero-order chi connectivity index (χ0) is 23.0. The summed E-state index contributed by atoms with van der Waals surface area (Å²) in [5.41, 5.74) is 4.01. The number of hydrogen-bond acceptors (Lipinski definition) is 6. The summed E-state index contributed by atoms with van der Waals surface area (Å²) in [6.07, 6.45) is 5.36. The first kappa shape index (κ1) is 23.4. The Kier molecular flexibility index (Phi) is 7.96. The minimum Gasteiger partial charge on any atom is -0.383 e. The molecule has 0 bridgehead atoms. The highest BCUT2D eigenvalue weighted by molar-refractivity contribution is 7.90. The number of hydroxylamine groups is 1. The number of hydrogen-bond donors (Lipinski definition) is 3. The van der Waals surface area contributed by atoms with Crippen LogP contribution in [-0.2, 0) is 26.1 Å². The van der Waals surface area contributed by atoms with E-state index in [4.69, 9.17) is 9.94 Å². The average molecular weight is 456 g/mol. The monoisotopic (exact) mass is 455 g/mol. The number of benzene rings is 2. The SMILES string of the molecule is COCCNCc1cccc(-c2ccccc2)c1S(=O)(=O)n1ccc(/C=C/C(=O)NO)c1. The van der Waals surface area contributed by atoms with E-state index in [9.17, 15) is 13.2 Å². The van der Waals surface area contributed by atoms with Crippen LogP contribution in [0.3, 0.4) is 0 Å². The van der Waals surface area contributed by atoms with Crippen molar-refractivity contribution in [3.05, 3.63) is 84.2 Å². The molecule has 0 fully saturated rings. The van der Waals surface area contributed by atoms with E-state index >= 15 is 0 Å².